The highest BCUT2D eigenvalue weighted by Gasteiger charge is 2.37. The van der Waals surface area contributed by atoms with Gasteiger partial charge in [-0.25, -0.2) is 0 Å². The van der Waals surface area contributed by atoms with Gasteiger partial charge in [0.1, 0.15) is 0 Å². The predicted molar refractivity (Wildman–Crippen MR) is 79.3 cm³/mol. The second-order valence-corrected chi connectivity index (χ2v) is 7.12. The Balaban J connectivity index is 1.48. The molecule has 3 aliphatic rings. The van der Waals surface area contributed by atoms with E-state index in [-0.39, 0.29) is 0 Å². The molecule has 3 saturated heterocycles. The fraction of sp³-hybridized carbons (Fsp3) is 0.933. The number of quaternary nitrogens is 1. The lowest BCUT2D eigenvalue weighted by atomic mass is 9.91. The van der Waals surface area contributed by atoms with Crippen molar-refractivity contribution in [3.05, 3.63) is 0 Å². The molecule has 5 heteroatoms. The third kappa shape index (κ3) is 3.15. The number of likely N-dealkylation sites (tertiary alicyclic amines) is 1. The quantitative estimate of drug-likeness (QED) is 0.685. The van der Waals surface area contributed by atoms with Crippen molar-refractivity contribution in [2.24, 2.45) is 11.8 Å². The summed E-state index contributed by atoms with van der Waals surface area (Å²) in [5.41, 5.74) is 0. The van der Waals surface area contributed by atoms with E-state index in [0.717, 1.165) is 44.9 Å². The number of rotatable bonds is 3. The third-order valence-electron chi connectivity index (χ3n) is 5.38. The van der Waals surface area contributed by atoms with Gasteiger partial charge in [0, 0.05) is 63.9 Å². The fourth-order valence-corrected chi connectivity index (χ4v) is 3.87. The van der Waals surface area contributed by atoms with Crippen molar-refractivity contribution in [2.75, 3.05) is 66.0 Å². The molecule has 5 nitrogen and oxygen atoms in total. The molecule has 114 valence electrons. The first-order chi connectivity index (χ1) is 9.66. The smallest absolute Gasteiger partial charge is 0.226 e. The van der Waals surface area contributed by atoms with E-state index in [2.05, 4.69) is 22.6 Å². The van der Waals surface area contributed by atoms with Crippen molar-refractivity contribution in [1.82, 2.24) is 15.5 Å². The molecule has 0 bridgehead atoms. The Morgan fingerprint density at radius 2 is 1.80 bits per heavy atom. The molecule has 3 heterocycles. The van der Waals surface area contributed by atoms with Crippen LogP contribution in [-0.2, 0) is 4.79 Å². The summed E-state index contributed by atoms with van der Waals surface area (Å²) in [5, 5.41) is 6.68. The molecule has 0 radical (unpaired) electrons. The van der Waals surface area contributed by atoms with Crippen molar-refractivity contribution in [3.63, 3.8) is 0 Å². The highest BCUT2D eigenvalue weighted by molar-refractivity contribution is 5.79. The van der Waals surface area contributed by atoms with E-state index in [9.17, 15) is 4.79 Å². The van der Waals surface area contributed by atoms with Crippen LogP contribution < -0.4 is 10.6 Å². The molecule has 0 aromatic carbocycles. The summed E-state index contributed by atoms with van der Waals surface area (Å²) < 4.78 is 1.18. The first-order valence-corrected chi connectivity index (χ1v) is 8.20. The van der Waals surface area contributed by atoms with Gasteiger partial charge in [0.15, 0.2) is 0 Å². The normalized spacial score (nSPS) is 35.6. The van der Waals surface area contributed by atoms with Crippen molar-refractivity contribution >= 4 is 5.91 Å². The van der Waals surface area contributed by atoms with Crippen LogP contribution in [0.15, 0.2) is 0 Å². The number of amides is 1. The first-order valence-electron chi connectivity index (χ1n) is 8.20. The topological polar surface area (TPSA) is 44.4 Å². The summed E-state index contributed by atoms with van der Waals surface area (Å²) in [7, 11) is 2.38. The van der Waals surface area contributed by atoms with E-state index < -0.39 is 0 Å². The van der Waals surface area contributed by atoms with Crippen LogP contribution in [0, 0.1) is 11.8 Å². The molecule has 20 heavy (non-hydrogen) atoms. The second kappa shape index (κ2) is 6.00. The Labute approximate surface area is 122 Å². The van der Waals surface area contributed by atoms with Crippen LogP contribution in [0.3, 0.4) is 0 Å². The average molecular weight is 281 g/mol. The maximum atomic E-state index is 12.5. The zero-order valence-electron chi connectivity index (χ0n) is 12.7. The van der Waals surface area contributed by atoms with Crippen LogP contribution >= 0.6 is 0 Å². The number of nitrogens with zero attached hydrogens (tertiary/aromatic N) is 2. The fourth-order valence-electron chi connectivity index (χ4n) is 3.87. The lowest BCUT2D eigenvalue weighted by Gasteiger charge is -2.44. The van der Waals surface area contributed by atoms with Crippen LogP contribution in [0.1, 0.15) is 12.8 Å². The van der Waals surface area contributed by atoms with Gasteiger partial charge < -0.3 is 20.0 Å². The number of carbonyl (C=O) groups excluding carboxylic acids is 1. The van der Waals surface area contributed by atoms with Crippen LogP contribution in [-0.4, -0.2) is 81.2 Å². The summed E-state index contributed by atoms with van der Waals surface area (Å²) >= 11 is 0. The van der Waals surface area contributed by atoms with Crippen LogP contribution in [0.2, 0.25) is 0 Å². The number of piperazine rings is 1. The molecule has 0 atom stereocenters. The Hall–Kier alpha value is -0.650. The average Bonchev–Trinajstić information content (AvgIpc) is 2.44. The lowest BCUT2D eigenvalue weighted by molar-refractivity contribution is -0.918. The first kappa shape index (κ1) is 14.3. The van der Waals surface area contributed by atoms with Crippen LogP contribution in [0.5, 0.6) is 0 Å². The summed E-state index contributed by atoms with van der Waals surface area (Å²) in [6.45, 7) is 9.75. The van der Waals surface area contributed by atoms with Crippen LogP contribution in [0.25, 0.3) is 0 Å². The molecule has 0 aromatic rings. The van der Waals surface area contributed by atoms with Gasteiger partial charge in [0.2, 0.25) is 5.91 Å². The number of piperidine rings is 1. The highest BCUT2D eigenvalue weighted by Crippen LogP contribution is 2.26. The van der Waals surface area contributed by atoms with Gasteiger partial charge in [-0.15, -0.1) is 0 Å². The molecule has 1 amide bonds. The lowest BCUT2D eigenvalue weighted by Crippen LogP contribution is -2.59. The molecule has 0 saturated carbocycles. The summed E-state index contributed by atoms with van der Waals surface area (Å²) in [5.74, 6) is 1.57. The van der Waals surface area contributed by atoms with Crippen molar-refractivity contribution < 1.29 is 9.28 Å². The van der Waals surface area contributed by atoms with Gasteiger partial charge in [0.25, 0.3) is 0 Å². The van der Waals surface area contributed by atoms with Gasteiger partial charge >= 0.3 is 0 Å². The zero-order chi connectivity index (χ0) is 14.0. The largest absolute Gasteiger partial charge is 0.340 e. The van der Waals surface area contributed by atoms with E-state index in [4.69, 9.17) is 0 Å². The second-order valence-electron chi connectivity index (χ2n) is 7.12. The predicted octanol–water partition coefficient (Wildman–Crippen LogP) is -0.506. The Morgan fingerprint density at radius 1 is 1.15 bits per heavy atom. The third-order valence-corrected chi connectivity index (χ3v) is 5.38. The van der Waals surface area contributed by atoms with E-state index in [1.54, 1.807) is 0 Å². The molecule has 0 aromatic heterocycles. The summed E-state index contributed by atoms with van der Waals surface area (Å²) in [6, 6.07) is 0. The Bertz CT molecular complexity index is 342. The Morgan fingerprint density at radius 3 is 2.35 bits per heavy atom. The Kier molecular flexibility index (Phi) is 4.29. The summed E-state index contributed by atoms with van der Waals surface area (Å²) in [6.07, 6.45) is 2.17. The van der Waals surface area contributed by atoms with Gasteiger partial charge in [-0.05, 0) is 0 Å². The minimum atomic E-state index is 0.291. The van der Waals surface area contributed by atoms with Gasteiger partial charge in [-0.1, -0.05) is 0 Å². The minimum absolute atomic E-state index is 0.291. The molecular weight excluding hydrogens is 252 g/mol. The molecule has 3 rings (SSSR count). The highest BCUT2D eigenvalue weighted by atomic mass is 16.2. The molecule has 0 aliphatic carbocycles. The van der Waals surface area contributed by atoms with Crippen molar-refractivity contribution in [1.29, 1.82) is 0 Å². The monoisotopic (exact) mass is 281 g/mol. The standard InChI is InChI=1S/C15H29N4O/c1-19(12-13-10-17-11-13)8-2-14(3-9-19)15(20)18-6-4-16-5-7-18/h13-14,16-17H,2-12H2,1H3/q+1. The molecule has 0 unspecified atom stereocenters. The number of nitrogens with one attached hydrogen (secondary N) is 2. The maximum Gasteiger partial charge on any atom is 0.226 e. The molecule has 3 fully saturated rings. The van der Waals surface area contributed by atoms with Crippen molar-refractivity contribution in [3.8, 4) is 0 Å². The van der Waals surface area contributed by atoms with E-state index >= 15 is 0 Å². The summed E-state index contributed by atoms with van der Waals surface area (Å²) in [4.78, 5) is 14.6. The van der Waals surface area contributed by atoms with Gasteiger partial charge in [-0.2, -0.15) is 0 Å². The van der Waals surface area contributed by atoms with Crippen molar-refractivity contribution in [2.45, 2.75) is 12.8 Å². The number of hydrogen-bond donors (Lipinski definition) is 2. The zero-order valence-corrected chi connectivity index (χ0v) is 12.7. The van der Waals surface area contributed by atoms with E-state index in [1.807, 2.05) is 0 Å². The number of hydrogen-bond acceptors (Lipinski definition) is 3. The van der Waals surface area contributed by atoms with E-state index in [1.165, 1.54) is 37.2 Å². The number of carbonyl (C=O) groups is 1. The van der Waals surface area contributed by atoms with Gasteiger partial charge in [-0.3, -0.25) is 4.79 Å². The molecular formula is C15H29N4O+. The molecule has 3 aliphatic heterocycles. The van der Waals surface area contributed by atoms with Crippen LogP contribution in [0.4, 0.5) is 0 Å². The van der Waals surface area contributed by atoms with E-state index in [0.29, 0.717) is 11.8 Å². The van der Waals surface area contributed by atoms with Gasteiger partial charge in [0.05, 0.1) is 26.7 Å². The minimum Gasteiger partial charge on any atom is -0.340 e. The SMILES string of the molecule is C[N+]1(CC2CNC2)CCC(C(=O)N2CCNCC2)CC1. The molecule has 0 spiro atoms. The molecule has 2 N–H and O–H groups in total. The maximum absolute atomic E-state index is 12.5.